The molecule has 8 heteroatoms. The van der Waals surface area contributed by atoms with Gasteiger partial charge in [0.2, 0.25) is 0 Å². The number of fused-ring (bicyclic) bond motifs is 1. The Labute approximate surface area is 171 Å². The van der Waals surface area contributed by atoms with Gasteiger partial charge in [-0.05, 0) is 37.8 Å². The van der Waals surface area contributed by atoms with Gasteiger partial charge in [0.05, 0.1) is 24.0 Å². The third kappa shape index (κ3) is 3.66. The molecule has 8 nitrogen and oxygen atoms in total. The summed E-state index contributed by atoms with van der Waals surface area (Å²) in [4.78, 5) is 7.32. The lowest BCUT2D eigenvalue weighted by molar-refractivity contribution is 0.153. The van der Waals surface area contributed by atoms with Crippen molar-refractivity contribution in [1.29, 1.82) is 0 Å². The van der Waals surface area contributed by atoms with Crippen LogP contribution in [0.25, 0.3) is 0 Å². The summed E-state index contributed by atoms with van der Waals surface area (Å²) in [7, 11) is 1.96. The van der Waals surface area contributed by atoms with E-state index in [-0.39, 0.29) is 12.1 Å². The number of aryl methyl sites for hydroxylation is 2. The fourth-order valence-corrected chi connectivity index (χ4v) is 5.11. The minimum Gasteiger partial charge on any atom is -0.391 e. The average molecular weight is 398 g/mol. The van der Waals surface area contributed by atoms with Crippen molar-refractivity contribution in [2.75, 3.05) is 24.5 Å². The second-order valence-corrected chi connectivity index (χ2v) is 8.80. The number of hydrogen-bond acceptors (Lipinski definition) is 7. The predicted molar refractivity (Wildman–Crippen MR) is 111 cm³/mol. The van der Waals surface area contributed by atoms with E-state index in [2.05, 4.69) is 51.4 Å². The maximum absolute atomic E-state index is 10.1. The Morgan fingerprint density at radius 2 is 2.14 bits per heavy atom. The lowest BCUT2D eigenvalue weighted by Gasteiger charge is -2.35. The molecule has 29 heavy (non-hydrogen) atoms. The molecular formula is C21H31N7O. The molecule has 3 aliphatic rings. The van der Waals surface area contributed by atoms with E-state index in [0.717, 1.165) is 43.9 Å². The molecule has 3 saturated heterocycles. The molecule has 5 rings (SSSR count). The van der Waals surface area contributed by atoms with Gasteiger partial charge in [-0.2, -0.15) is 5.10 Å². The summed E-state index contributed by atoms with van der Waals surface area (Å²) in [5.41, 5.74) is 10.5. The molecular weight excluding hydrogens is 366 g/mol. The number of nitrogens with zero attached hydrogens (tertiary/aromatic N) is 4. The van der Waals surface area contributed by atoms with Crippen molar-refractivity contribution < 1.29 is 5.11 Å². The maximum Gasteiger partial charge on any atom is 0.131 e. The fraction of sp³-hybridized carbons (Fsp3) is 0.619. The summed E-state index contributed by atoms with van der Waals surface area (Å²) < 4.78 is 1.87. The van der Waals surface area contributed by atoms with E-state index < -0.39 is 0 Å². The van der Waals surface area contributed by atoms with E-state index in [1.807, 2.05) is 17.9 Å². The van der Waals surface area contributed by atoms with Crippen LogP contribution in [0.1, 0.15) is 48.2 Å². The summed E-state index contributed by atoms with van der Waals surface area (Å²) in [6, 6.07) is 5.21. The Kier molecular flexibility index (Phi) is 5.03. The standard InChI is InChI=1S/C21H31N7O/c1-13-5-6-17(24-21(13)28-7-3-4-15(29)12-28)20-16-8-18(14-9-23-27(2)11-14)22-10-19(16)25-26-20/h5-6,9,11,15-16,18-20,22,25-26,29H,3-4,7-8,10,12H2,1-2H3/t15-,16?,18?,19?,20?/m1/s1. The first kappa shape index (κ1) is 19.0. The van der Waals surface area contributed by atoms with Crippen LogP contribution >= 0.6 is 0 Å². The normalized spacial score (nSPS) is 32.4. The molecule has 0 aliphatic carbocycles. The number of pyridine rings is 1. The number of rotatable bonds is 3. The van der Waals surface area contributed by atoms with Crippen LogP contribution < -0.4 is 21.1 Å². The van der Waals surface area contributed by atoms with Crippen molar-refractivity contribution in [3.8, 4) is 0 Å². The number of anilines is 1. The van der Waals surface area contributed by atoms with Gasteiger partial charge in [-0.3, -0.25) is 10.1 Å². The smallest absolute Gasteiger partial charge is 0.131 e. The molecule has 2 aromatic rings. The van der Waals surface area contributed by atoms with E-state index in [9.17, 15) is 5.11 Å². The number of nitrogens with one attached hydrogen (secondary N) is 3. The van der Waals surface area contributed by atoms with Crippen molar-refractivity contribution in [2.24, 2.45) is 13.0 Å². The second kappa shape index (κ2) is 7.68. The van der Waals surface area contributed by atoms with E-state index in [0.29, 0.717) is 24.5 Å². The molecule has 5 heterocycles. The zero-order chi connectivity index (χ0) is 20.0. The first-order valence-corrected chi connectivity index (χ1v) is 10.7. The van der Waals surface area contributed by atoms with Gasteiger partial charge in [-0.15, -0.1) is 0 Å². The maximum atomic E-state index is 10.1. The van der Waals surface area contributed by atoms with Crippen molar-refractivity contribution >= 4 is 5.82 Å². The number of piperidine rings is 2. The Morgan fingerprint density at radius 3 is 2.93 bits per heavy atom. The zero-order valence-corrected chi connectivity index (χ0v) is 17.2. The molecule has 0 amide bonds. The van der Waals surface area contributed by atoms with Crippen molar-refractivity contribution in [3.05, 3.63) is 41.3 Å². The minimum absolute atomic E-state index is 0.176. The van der Waals surface area contributed by atoms with E-state index in [1.54, 1.807) is 0 Å². The van der Waals surface area contributed by atoms with Gasteiger partial charge < -0.3 is 15.3 Å². The van der Waals surface area contributed by atoms with Crippen LogP contribution in [-0.2, 0) is 7.05 Å². The summed E-state index contributed by atoms with van der Waals surface area (Å²) in [6.45, 7) is 4.67. The van der Waals surface area contributed by atoms with Crippen LogP contribution in [0, 0.1) is 12.8 Å². The lowest BCUT2D eigenvalue weighted by Crippen LogP contribution is -2.46. The van der Waals surface area contributed by atoms with Crippen LogP contribution in [-0.4, -0.2) is 51.7 Å². The first-order valence-electron chi connectivity index (χ1n) is 10.7. The van der Waals surface area contributed by atoms with Gasteiger partial charge in [-0.25, -0.2) is 10.4 Å². The number of aromatic nitrogens is 3. The number of β-amino-alcohol motifs (C(OH)–C–C–N with tert-alkyl or cyclic N) is 1. The van der Waals surface area contributed by atoms with Gasteiger partial charge >= 0.3 is 0 Å². The molecule has 0 bridgehead atoms. The summed E-state index contributed by atoms with van der Waals surface area (Å²) in [6.07, 6.45) is 6.75. The summed E-state index contributed by atoms with van der Waals surface area (Å²) in [5.74, 6) is 1.47. The number of hydrazine groups is 1. The molecule has 3 fully saturated rings. The molecule has 0 saturated carbocycles. The van der Waals surface area contributed by atoms with E-state index in [1.165, 1.54) is 11.1 Å². The lowest BCUT2D eigenvalue weighted by atomic mass is 9.82. The molecule has 4 N–H and O–H groups in total. The zero-order valence-electron chi connectivity index (χ0n) is 17.2. The van der Waals surface area contributed by atoms with E-state index in [4.69, 9.17) is 4.98 Å². The molecule has 0 aromatic carbocycles. The van der Waals surface area contributed by atoms with Crippen molar-refractivity contribution in [2.45, 2.75) is 50.4 Å². The third-order valence-electron chi connectivity index (χ3n) is 6.69. The number of hydrogen-bond donors (Lipinski definition) is 4. The molecule has 3 aliphatic heterocycles. The minimum atomic E-state index is -0.256. The van der Waals surface area contributed by atoms with Crippen LogP contribution in [0.5, 0.6) is 0 Å². The topological polar surface area (TPSA) is 90.3 Å². The number of aliphatic hydroxyl groups is 1. The fourth-order valence-electron chi connectivity index (χ4n) is 5.11. The number of aliphatic hydroxyl groups excluding tert-OH is 1. The Hall–Kier alpha value is -2.00. The Balaban J connectivity index is 1.38. The average Bonchev–Trinajstić information content (AvgIpc) is 3.34. The van der Waals surface area contributed by atoms with Crippen LogP contribution in [0.3, 0.4) is 0 Å². The van der Waals surface area contributed by atoms with Crippen LogP contribution in [0.15, 0.2) is 24.5 Å². The van der Waals surface area contributed by atoms with Gasteiger partial charge in [0.1, 0.15) is 5.82 Å². The van der Waals surface area contributed by atoms with Gasteiger partial charge in [-0.1, -0.05) is 6.07 Å². The van der Waals surface area contributed by atoms with Gasteiger partial charge in [0.15, 0.2) is 0 Å². The molecule has 2 aromatic heterocycles. The van der Waals surface area contributed by atoms with Crippen LogP contribution in [0.2, 0.25) is 0 Å². The predicted octanol–water partition coefficient (Wildman–Crippen LogP) is 0.953. The first-order chi connectivity index (χ1) is 14.1. The molecule has 4 unspecified atom stereocenters. The highest BCUT2D eigenvalue weighted by Gasteiger charge is 2.42. The summed E-state index contributed by atoms with van der Waals surface area (Å²) >= 11 is 0. The second-order valence-electron chi connectivity index (χ2n) is 8.80. The molecule has 0 spiro atoms. The quantitative estimate of drug-likeness (QED) is 0.613. The highest BCUT2D eigenvalue weighted by atomic mass is 16.3. The Bertz CT molecular complexity index is 868. The largest absolute Gasteiger partial charge is 0.391 e. The SMILES string of the molecule is Cc1ccc(C2NNC3CNC(c4cnn(C)c4)CC32)nc1N1CCC[C@@H](O)C1. The van der Waals surface area contributed by atoms with Crippen molar-refractivity contribution in [3.63, 3.8) is 0 Å². The van der Waals surface area contributed by atoms with Gasteiger partial charge in [0, 0.05) is 56.4 Å². The molecule has 0 radical (unpaired) electrons. The van der Waals surface area contributed by atoms with Crippen LogP contribution in [0.4, 0.5) is 5.82 Å². The van der Waals surface area contributed by atoms with Gasteiger partial charge in [0.25, 0.3) is 0 Å². The summed E-state index contributed by atoms with van der Waals surface area (Å²) in [5, 5.41) is 18.1. The molecule has 156 valence electrons. The van der Waals surface area contributed by atoms with E-state index >= 15 is 0 Å². The highest BCUT2D eigenvalue weighted by Crippen LogP contribution is 2.38. The van der Waals surface area contributed by atoms with Crippen molar-refractivity contribution in [1.82, 2.24) is 30.9 Å². The third-order valence-corrected chi connectivity index (χ3v) is 6.69. The molecule has 5 atom stereocenters. The monoisotopic (exact) mass is 397 g/mol. The Morgan fingerprint density at radius 1 is 1.24 bits per heavy atom. The highest BCUT2D eigenvalue weighted by molar-refractivity contribution is 5.48.